The number of carbonyl (C=O) groups is 1. The maximum Gasteiger partial charge on any atom is 0.251 e. The molecule has 0 saturated carbocycles. The van der Waals surface area contributed by atoms with Gasteiger partial charge in [-0.1, -0.05) is 0 Å². The molecule has 130 valence electrons. The zero-order valence-electron chi connectivity index (χ0n) is 14.2. The number of nitrogens with one attached hydrogen (secondary N) is 1. The molecule has 0 aliphatic carbocycles. The van der Waals surface area contributed by atoms with Gasteiger partial charge < -0.3 is 19.2 Å². The van der Waals surface area contributed by atoms with Crippen molar-refractivity contribution in [3.05, 3.63) is 52.7 Å². The molecule has 0 radical (unpaired) electrons. The van der Waals surface area contributed by atoms with Crippen LogP contribution in [-0.4, -0.2) is 25.1 Å². The number of ether oxygens (including phenoxy) is 2. The van der Waals surface area contributed by atoms with E-state index < -0.39 is 0 Å². The van der Waals surface area contributed by atoms with Crippen LogP contribution in [0.3, 0.4) is 0 Å². The number of hydrogen-bond donors (Lipinski definition) is 1. The molecule has 6 nitrogen and oxygen atoms in total. The molecule has 0 aliphatic heterocycles. The van der Waals surface area contributed by atoms with Crippen LogP contribution in [0.1, 0.15) is 20.9 Å². The SMILES string of the molecule is COc1cc(OC)cc(C(=O)NCc2sc(-c3ccco3)nc2C)c1. The van der Waals surface area contributed by atoms with Gasteiger partial charge in [-0.3, -0.25) is 4.79 Å². The fraction of sp³-hybridized carbons (Fsp3) is 0.222. The Morgan fingerprint density at radius 1 is 1.24 bits per heavy atom. The van der Waals surface area contributed by atoms with E-state index in [0.29, 0.717) is 23.6 Å². The summed E-state index contributed by atoms with van der Waals surface area (Å²) in [5.41, 5.74) is 1.35. The van der Waals surface area contributed by atoms with Crippen molar-refractivity contribution >= 4 is 17.2 Å². The van der Waals surface area contributed by atoms with Crippen molar-refractivity contribution < 1.29 is 18.7 Å². The van der Waals surface area contributed by atoms with Crippen LogP contribution >= 0.6 is 11.3 Å². The van der Waals surface area contributed by atoms with Gasteiger partial charge in [0.15, 0.2) is 10.8 Å². The van der Waals surface area contributed by atoms with Gasteiger partial charge >= 0.3 is 0 Å². The summed E-state index contributed by atoms with van der Waals surface area (Å²) >= 11 is 1.50. The molecule has 1 amide bonds. The highest BCUT2D eigenvalue weighted by molar-refractivity contribution is 7.15. The molecule has 0 saturated heterocycles. The molecular formula is C18H18N2O4S. The smallest absolute Gasteiger partial charge is 0.251 e. The van der Waals surface area contributed by atoms with E-state index in [1.165, 1.54) is 11.3 Å². The molecule has 0 atom stereocenters. The molecule has 3 rings (SSSR count). The van der Waals surface area contributed by atoms with Crippen molar-refractivity contribution in [2.24, 2.45) is 0 Å². The fourth-order valence-electron chi connectivity index (χ4n) is 2.30. The van der Waals surface area contributed by atoms with E-state index in [1.807, 2.05) is 19.1 Å². The van der Waals surface area contributed by atoms with Crippen LogP contribution in [0.4, 0.5) is 0 Å². The molecule has 2 heterocycles. The highest BCUT2D eigenvalue weighted by atomic mass is 32.1. The number of furan rings is 1. The molecule has 0 spiro atoms. The quantitative estimate of drug-likeness (QED) is 0.728. The average Bonchev–Trinajstić information content (AvgIpc) is 3.28. The number of amides is 1. The van der Waals surface area contributed by atoms with Crippen LogP contribution in [0, 0.1) is 6.92 Å². The minimum absolute atomic E-state index is 0.204. The number of carbonyl (C=O) groups excluding carboxylic acids is 1. The second-order valence-corrected chi connectivity index (χ2v) is 6.37. The van der Waals surface area contributed by atoms with E-state index in [9.17, 15) is 4.79 Å². The Balaban J connectivity index is 1.72. The molecule has 0 unspecified atom stereocenters. The van der Waals surface area contributed by atoms with Gasteiger partial charge in [0.1, 0.15) is 11.5 Å². The van der Waals surface area contributed by atoms with Gasteiger partial charge in [-0.2, -0.15) is 0 Å². The number of methoxy groups -OCH3 is 2. The number of aromatic nitrogens is 1. The van der Waals surface area contributed by atoms with Gasteiger partial charge in [-0.15, -0.1) is 11.3 Å². The van der Waals surface area contributed by atoms with E-state index in [1.54, 1.807) is 38.7 Å². The lowest BCUT2D eigenvalue weighted by molar-refractivity contribution is 0.0950. The number of hydrogen-bond acceptors (Lipinski definition) is 6. The van der Waals surface area contributed by atoms with E-state index in [2.05, 4.69) is 10.3 Å². The fourth-order valence-corrected chi connectivity index (χ4v) is 3.27. The third-order valence-electron chi connectivity index (χ3n) is 3.65. The van der Waals surface area contributed by atoms with E-state index in [4.69, 9.17) is 13.9 Å². The first-order valence-corrected chi connectivity index (χ1v) is 8.44. The molecular weight excluding hydrogens is 340 g/mol. The lowest BCUT2D eigenvalue weighted by Gasteiger charge is -2.09. The molecule has 25 heavy (non-hydrogen) atoms. The van der Waals surface area contributed by atoms with Crippen LogP contribution in [0.15, 0.2) is 41.0 Å². The number of aryl methyl sites for hydroxylation is 1. The first-order chi connectivity index (χ1) is 12.1. The monoisotopic (exact) mass is 358 g/mol. The Bertz CT molecular complexity index is 849. The van der Waals surface area contributed by atoms with Crippen molar-refractivity contribution in [1.29, 1.82) is 0 Å². The van der Waals surface area contributed by atoms with E-state index in [0.717, 1.165) is 21.3 Å². The van der Waals surface area contributed by atoms with Crippen molar-refractivity contribution in [1.82, 2.24) is 10.3 Å². The summed E-state index contributed by atoms with van der Waals surface area (Å²) in [6.07, 6.45) is 1.61. The van der Waals surface area contributed by atoms with Crippen LogP contribution < -0.4 is 14.8 Å². The summed E-state index contributed by atoms with van der Waals surface area (Å²) in [6, 6.07) is 8.75. The highest BCUT2D eigenvalue weighted by Gasteiger charge is 2.14. The Kier molecular flexibility index (Phi) is 5.04. The maximum atomic E-state index is 12.4. The van der Waals surface area contributed by atoms with Crippen LogP contribution in [0.5, 0.6) is 11.5 Å². The summed E-state index contributed by atoms with van der Waals surface area (Å²) in [7, 11) is 3.10. The van der Waals surface area contributed by atoms with Crippen molar-refractivity contribution in [3.63, 3.8) is 0 Å². The molecule has 3 aromatic rings. The molecule has 0 fully saturated rings. The third kappa shape index (κ3) is 3.83. The normalized spacial score (nSPS) is 10.5. The molecule has 2 aromatic heterocycles. The number of benzene rings is 1. The first-order valence-electron chi connectivity index (χ1n) is 7.62. The second kappa shape index (κ2) is 7.40. The molecule has 1 N–H and O–H groups in total. The second-order valence-electron chi connectivity index (χ2n) is 5.29. The molecule has 0 bridgehead atoms. The van der Waals surface area contributed by atoms with Gasteiger partial charge in [0.2, 0.25) is 0 Å². The van der Waals surface area contributed by atoms with Crippen LogP contribution in [0.2, 0.25) is 0 Å². The van der Waals surface area contributed by atoms with Crippen LogP contribution in [0.25, 0.3) is 10.8 Å². The van der Waals surface area contributed by atoms with E-state index in [-0.39, 0.29) is 5.91 Å². The highest BCUT2D eigenvalue weighted by Crippen LogP contribution is 2.28. The van der Waals surface area contributed by atoms with E-state index >= 15 is 0 Å². The Hall–Kier alpha value is -2.80. The summed E-state index contributed by atoms with van der Waals surface area (Å²) < 4.78 is 15.8. The zero-order chi connectivity index (χ0) is 17.8. The minimum atomic E-state index is -0.204. The Morgan fingerprint density at radius 3 is 2.56 bits per heavy atom. The number of nitrogens with zero attached hydrogens (tertiary/aromatic N) is 1. The Labute approximate surface area is 149 Å². The largest absolute Gasteiger partial charge is 0.497 e. The average molecular weight is 358 g/mol. The van der Waals surface area contributed by atoms with Gasteiger partial charge in [-0.25, -0.2) is 4.98 Å². The lowest BCUT2D eigenvalue weighted by atomic mass is 10.2. The molecule has 7 heteroatoms. The summed E-state index contributed by atoms with van der Waals surface area (Å²) in [5.74, 6) is 1.66. The summed E-state index contributed by atoms with van der Waals surface area (Å²) in [6.45, 7) is 2.31. The molecule has 0 aliphatic rings. The van der Waals surface area contributed by atoms with Crippen molar-refractivity contribution in [2.45, 2.75) is 13.5 Å². The predicted octanol–water partition coefficient (Wildman–Crippen LogP) is 3.66. The minimum Gasteiger partial charge on any atom is -0.497 e. The predicted molar refractivity (Wildman–Crippen MR) is 95.3 cm³/mol. The summed E-state index contributed by atoms with van der Waals surface area (Å²) in [4.78, 5) is 17.9. The van der Waals surface area contributed by atoms with Gasteiger partial charge in [0.05, 0.1) is 32.7 Å². The topological polar surface area (TPSA) is 73.6 Å². The van der Waals surface area contributed by atoms with Gasteiger partial charge in [0, 0.05) is 16.5 Å². The third-order valence-corrected chi connectivity index (χ3v) is 4.82. The van der Waals surface area contributed by atoms with Gasteiger partial charge in [-0.05, 0) is 31.2 Å². The maximum absolute atomic E-state index is 12.4. The molecule has 1 aromatic carbocycles. The standard InChI is InChI=1S/C18H18N2O4S/c1-11-16(25-18(20-11)15-5-4-6-24-15)10-19-17(21)12-7-13(22-2)9-14(8-12)23-3/h4-9H,10H2,1-3H3,(H,19,21). The number of thiazole rings is 1. The zero-order valence-corrected chi connectivity index (χ0v) is 15.0. The summed E-state index contributed by atoms with van der Waals surface area (Å²) in [5, 5.41) is 3.71. The van der Waals surface area contributed by atoms with Crippen molar-refractivity contribution in [2.75, 3.05) is 14.2 Å². The lowest BCUT2D eigenvalue weighted by Crippen LogP contribution is -2.22. The number of rotatable bonds is 6. The van der Waals surface area contributed by atoms with Crippen molar-refractivity contribution in [3.8, 4) is 22.3 Å². The first kappa shape index (κ1) is 17.0. The Morgan fingerprint density at radius 2 is 1.96 bits per heavy atom. The van der Waals surface area contributed by atoms with Crippen LogP contribution in [-0.2, 0) is 6.54 Å². The van der Waals surface area contributed by atoms with Gasteiger partial charge in [0.25, 0.3) is 5.91 Å².